The molecular formula is C13H21IN6S. The molecule has 0 saturated carbocycles. The zero-order valence-electron chi connectivity index (χ0n) is 12.2. The molecule has 0 aromatic carbocycles. The van der Waals surface area contributed by atoms with E-state index in [0.717, 1.165) is 24.9 Å². The number of thiophene rings is 1. The van der Waals surface area contributed by atoms with Crippen LogP contribution in [0.1, 0.15) is 25.2 Å². The van der Waals surface area contributed by atoms with Crippen molar-refractivity contribution in [3.05, 3.63) is 34.5 Å². The quantitative estimate of drug-likeness (QED) is 0.428. The van der Waals surface area contributed by atoms with E-state index in [1.54, 1.807) is 17.7 Å². The minimum atomic E-state index is 0. The lowest BCUT2D eigenvalue weighted by Crippen LogP contribution is -2.37. The number of aliphatic imine (C=N–C) groups is 1. The highest BCUT2D eigenvalue weighted by Crippen LogP contribution is 2.06. The lowest BCUT2D eigenvalue weighted by molar-refractivity contribution is 0.670. The standard InChI is InChI=1S/C13H20N6S.HI/c1-3-14-13(15-7-11-5-6-20-9-11)16-8-12-18-17-10-19(12)4-2;/h5-6,9-10H,3-4,7-8H2,1-2H3,(H2,14,15,16);1H. The Bertz CT molecular complexity index is 537. The van der Waals surface area contributed by atoms with Gasteiger partial charge in [0.25, 0.3) is 0 Å². The number of aromatic nitrogens is 3. The van der Waals surface area contributed by atoms with E-state index in [4.69, 9.17) is 0 Å². The van der Waals surface area contributed by atoms with E-state index in [1.807, 2.05) is 4.57 Å². The first-order chi connectivity index (χ1) is 9.83. The summed E-state index contributed by atoms with van der Waals surface area (Å²) < 4.78 is 2.01. The zero-order chi connectivity index (χ0) is 14.2. The van der Waals surface area contributed by atoms with Crippen LogP contribution in [0.2, 0.25) is 0 Å². The third-order valence-corrected chi connectivity index (χ3v) is 3.53. The molecule has 0 bridgehead atoms. The number of aryl methyl sites for hydroxylation is 1. The highest BCUT2D eigenvalue weighted by Gasteiger charge is 2.04. The largest absolute Gasteiger partial charge is 0.357 e. The Morgan fingerprint density at radius 3 is 2.90 bits per heavy atom. The van der Waals surface area contributed by atoms with Crippen molar-refractivity contribution in [3.63, 3.8) is 0 Å². The third-order valence-electron chi connectivity index (χ3n) is 2.79. The van der Waals surface area contributed by atoms with Gasteiger partial charge in [0, 0.05) is 13.1 Å². The van der Waals surface area contributed by atoms with Gasteiger partial charge in [-0.15, -0.1) is 34.2 Å². The topological polar surface area (TPSA) is 67.1 Å². The molecule has 2 N–H and O–H groups in total. The number of hydrogen-bond acceptors (Lipinski definition) is 4. The van der Waals surface area contributed by atoms with Gasteiger partial charge in [0.1, 0.15) is 6.33 Å². The first-order valence-corrected chi connectivity index (χ1v) is 7.67. The summed E-state index contributed by atoms with van der Waals surface area (Å²) in [7, 11) is 0. The monoisotopic (exact) mass is 420 g/mol. The number of halogens is 1. The number of guanidine groups is 1. The van der Waals surface area contributed by atoms with Crippen LogP contribution in [0.3, 0.4) is 0 Å². The van der Waals surface area contributed by atoms with Crippen LogP contribution in [-0.4, -0.2) is 27.3 Å². The van der Waals surface area contributed by atoms with E-state index in [2.05, 4.69) is 56.5 Å². The Kier molecular flexibility index (Phi) is 8.28. The molecule has 0 atom stereocenters. The maximum Gasteiger partial charge on any atom is 0.191 e. The molecule has 0 fully saturated rings. The molecule has 2 rings (SSSR count). The van der Waals surface area contributed by atoms with E-state index < -0.39 is 0 Å². The van der Waals surface area contributed by atoms with Gasteiger partial charge in [-0.05, 0) is 36.2 Å². The highest BCUT2D eigenvalue weighted by molar-refractivity contribution is 14.0. The molecule has 0 spiro atoms. The van der Waals surface area contributed by atoms with Gasteiger partial charge in [0.15, 0.2) is 11.8 Å². The van der Waals surface area contributed by atoms with Crippen molar-refractivity contribution in [3.8, 4) is 0 Å². The first kappa shape index (κ1) is 17.9. The zero-order valence-corrected chi connectivity index (χ0v) is 15.4. The second kappa shape index (κ2) is 9.72. The maximum atomic E-state index is 4.55. The van der Waals surface area contributed by atoms with Gasteiger partial charge in [0.05, 0.1) is 13.1 Å². The average molecular weight is 420 g/mol. The Morgan fingerprint density at radius 1 is 1.38 bits per heavy atom. The van der Waals surface area contributed by atoms with Crippen molar-refractivity contribution in [1.29, 1.82) is 0 Å². The summed E-state index contributed by atoms with van der Waals surface area (Å²) in [5.41, 5.74) is 1.23. The molecule has 0 radical (unpaired) electrons. The molecule has 0 amide bonds. The van der Waals surface area contributed by atoms with Crippen LogP contribution in [0.5, 0.6) is 0 Å². The molecule has 0 aliphatic carbocycles. The van der Waals surface area contributed by atoms with E-state index in [-0.39, 0.29) is 24.0 Å². The van der Waals surface area contributed by atoms with Gasteiger partial charge >= 0.3 is 0 Å². The Morgan fingerprint density at radius 2 is 2.24 bits per heavy atom. The fraction of sp³-hybridized carbons (Fsp3) is 0.462. The molecule has 2 aromatic heterocycles. The molecule has 21 heavy (non-hydrogen) atoms. The van der Waals surface area contributed by atoms with Crippen LogP contribution in [-0.2, 0) is 19.6 Å². The molecule has 8 heteroatoms. The summed E-state index contributed by atoms with van der Waals surface area (Å²) in [6.45, 7) is 7.12. The Balaban J connectivity index is 0.00000220. The van der Waals surface area contributed by atoms with Gasteiger partial charge in [-0.1, -0.05) is 0 Å². The second-order valence-electron chi connectivity index (χ2n) is 4.21. The fourth-order valence-electron chi connectivity index (χ4n) is 1.74. The molecule has 0 unspecified atom stereocenters. The second-order valence-corrected chi connectivity index (χ2v) is 4.99. The normalized spacial score (nSPS) is 11.0. The Hall–Kier alpha value is -1.16. The molecule has 2 aromatic rings. The Labute approximate surface area is 146 Å². The van der Waals surface area contributed by atoms with Crippen molar-refractivity contribution in [2.24, 2.45) is 4.99 Å². The van der Waals surface area contributed by atoms with Crippen LogP contribution in [0.15, 0.2) is 28.1 Å². The minimum absolute atomic E-state index is 0. The molecule has 6 nitrogen and oxygen atoms in total. The van der Waals surface area contributed by atoms with E-state index >= 15 is 0 Å². The summed E-state index contributed by atoms with van der Waals surface area (Å²) >= 11 is 1.69. The smallest absolute Gasteiger partial charge is 0.191 e. The van der Waals surface area contributed by atoms with Crippen LogP contribution >= 0.6 is 35.3 Å². The fourth-order valence-corrected chi connectivity index (χ4v) is 2.40. The highest BCUT2D eigenvalue weighted by atomic mass is 127. The van der Waals surface area contributed by atoms with Gasteiger partial charge in [-0.25, -0.2) is 4.99 Å². The van der Waals surface area contributed by atoms with Crippen LogP contribution in [0.25, 0.3) is 0 Å². The van der Waals surface area contributed by atoms with Crippen molar-refractivity contribution in [2.75, 3.05) is 6.54 Å². The lowest BCUT2D eigenvalue weighted by atomic mass is 10.3. The predicted molar refractivity (Wildman–Crippen MR) is 97.1 cm³/mol. The first-order valence-electron chi connectivity index (χ1n) is 6.73. The van der Waals surface area contributed by atoms with Crippen LogP contribution in [0.4, 0.5) is 0 Å². The number of rotatable bonds is 6. The van der Waals surface area contributed by atoms with Crippen molar-refractivity contribution in [1.82, 2.24) is 25.4 Å². The predicted octanol–water partition coefficient (Wildman–Crippen LogP) is 2.23. The van der Waals surface area contributed by atoms with E-state index in [0.29, 0.717) is 13.1 Å². The van der Waals surface area contributed by atoms with Crippen LogP contribution < -0.4 is 10.6 Å². The molecule has 2 heterocycles. The van der Waals surface area contributed by atoms with Gasteiger partial charge in [-0.2, -0.15) is 11.3 Å². The molecular weight excluding hydrogens is 399 g/mol. The van der Waals surface area contributed by atoms with Crippen LogP contribution in [0, 0.1) is 0 Å². The molecule has 0 aliphatic heterocycles. The van der Waals surface area contributed by atoms with Gasteiger partial charge in [-0.3, -0.25) is 0 Å². The summed E-state index contributed by atoms with van der Waals surface area (Å²) in [4.78, 5) is 4.55. The number of hydrogen-bond donors (Lipinski definition) is 2. The molecule has 0 aliphatic rings. The van der Waals surface area contributed by atoms with Crippen molar-refractivity contribution >= 4 is 41.3 Å². The summed E-state index contributed by atoms with van der Waals surface area (Å²) in [6.07, 6.45) is 1.74. The van der Waals surface area contributed by atoms with Crippen molar-refractivity contribution < 1.29 is 0 Å². The number of nitrogens with one attached hydrogen (secondary N) is 2. The summed E-state index contributed by atoms with van der Waals surface area (Å²) in [5, 5.41) is 18.7. The van der Waals surface area contributed by atoms with Gasteiger partial charge < -0.3 is 15.2 Å². The van der Waals surface area contributed by atoms with Gasteiger partial charge in [0.2, 0.25) is 0 Å². The third kappa shape index (κ3) is 5.62. The molecule has 0 saturated heterocycles. The summed E-state index contributed by atoms with van der Waals surface area (Å²) in [5.74, 6) is 1.71. The molecule has 116 valence electrons. The lowest BCUT2D eigenvalue weighted by Gasteiger charge is -2.11. The van der Waals surface area contributed by atoms with E-state index in [9.17, 15) is 0 Å². The average Bonchev–Trinajstić information content (AvgIpc) is 3.12. The summed E-state index contributed by atoms with van der Waals surface area (Å²) in [6, 6.07) is 2.09. The van der Waals surface area contributed by atoms with Crippen molar-refractivity contribution in [2.45, 2.75) is 33.5 Å². The SMILES string of the molecule is CCNC(=NCc1ccsc1)NCc1nncn1CC.I. The minimum Gasteiger partial charge on any atom is -0.357 e. The number of nitrogens with zero attached hydrogens (tertiary/aromatic N) is 4. The van der Waals surface area contributed by atoms with E-state index in [1.165, 1.54) is 5.56 Å². The maximum absolute atomic E-state index is 4.55.